The molecule has 7 nitrogen and oxygen atoms in total. The Morgan fingerprint density at radius 2 is 1.94 bits per heavy atom. The molecule has 0 bridgehead atoms. The fourth-order valence-electron chi connectivity index (χ4n) is 5.00. The number of hydrogen-bond donors (Lipinski definition) is 2. The third kappa shape index (κ3) is 4.30. The van der Waals surface area contributed by atoms with E-state index in [4.69, 9.17) is 20.4 Å². The van der Waals surface area contributed by atoms with E-state index >= 15 is 0 Å². The van der Waals surface area contributed by atoms with Crippen LogP contribution in [0.5, 0.6) is 0 Å². The summed E-state index contributed by atoms with van der Waals surface area (Å²) in [4.78, 5) is 13.8. The molecule has 7 heteroatoms. The van der Waals surface area contributed by atoms with E-state index < -0.39 is 0 Å². The van der Waals surface area contributed by atoms with Crippen LogP contribution in [0.15, 0.2) is 36.7 Å². The molecule has 0 radical (unpaired) electrons. The Morgan fingerprint density at radius 3 is 2.73 bits per heavy atom. The van der Waals surface area contributed by atoms with E-state index in [1.54, 1.807) is 12.4 Å². The summed E-state index contributed by atoms with van der Waals surface area (Å²) in [5.41, 5.74) is 11.8. The average molecular weight is 446 g/mol. The number of aromatic nitrogens is 4. The van der Waals surface area contributed by atoms with Crippen LogP contribution < -0.4 is 5.73 Å². The fourth-order valence-corrected chi connectivity index (χ4v) is 5.00. The molecule has 1 aliphatic rings. The lowest BCUT2D eigenvalue weighted by molar-refractivity contribution is 0.124. The molecule has 0 aliphatic heterocycles. The summed E-state index contributed by atoms with van der Waals surface area (Å²) in [5, 5.41) is 10.5. The maximum atomic E-state index is 9.48. The van der Waals surface area contributed by atoms with Crippen molar-refractivity contribution in [3.8, 4) is 11.1 Å². The third-order valence-electron chi connectivity index (χ3n) is 6.69. The van der Waals surface area contributed by atoms with Crippen LogP contribution in [0.25, 0.3) is 33.1 Å². The maximum absolute atomic E-state index is 9.48. The summed E-state index contributed by atoms with van der Waals surface area (Å²) in [6.07, 6.45) is 9.92. The maximum Gasteiger partial charge on any atom is 0.152 e. The molecule has 0 amide bonds. The summed E-state index contributed by atoms with van der Waals surface area (Å²) in [5.74, 6) is 2.01. The van der Waals surface area contributed by atoms with Gasteiger partial charge in [-0.1, -0.05) is 31.4 Å². The SMILES string of the molecule is CCOCc1nc2c(N)nc3cc(-c4cncc(CO)c4)ccc3c2n1CC1CCCCC1. The molecule has 172 valence electrons. The number of imidazole rings is 1. The van der Waals surface area contributed by atoms with Crippen LogP contribution in [0.4, 0.5) is 5.82 Å². The highest BCUT2D eigenvalue weighted by Gasteiger charge is 2.22. The Morgan fingerprint density at radius 1 is 1.09 bits per heavy atom. The Labute approximate surface area is 193 Å². The van der Waals surface area contributed by atoms with Gasteiger partial charge in [-0.25, -0.2) is 9.97 Å². The Kier molecular flexibility index (Phi) is 6.24. The lowest BCUT2D eigenvalue weighted by Crippen LogP contribution is -2.16. The minimum atomic E-state index is -0.0385. The third-order valence-corrected chi connectivity index (χ3v) is 6.69. The number of aliphatic hydroxyl groups is 1. The molecule has 3 heterocycles. The van der Waals surface area contributed by atoms with Crippen molar-refractivity contribution in [1.29, 1.82) is 0 Å². The fraction of sp³-hybridized carbons (Fsp3) is 0.423. The van der Waals surface area contributed by atoms with Crippen LogP contribution in [0, 0.1) is 5.92 Å². The number of rotatable bonds is 7. The highest BCUT2D eigenvalue weighted by atomic mass is 16.5. The van der Waals surface area contributed by atoms with Gasteiger partial charge in [0, 0.05) is 36.5 Å². The number of pyridine rings is 2. The first-order chi connectivity index (χ1) is 16.2. The largest absolute Gasteiger partial charge is 0.392 e. The van der Waals surface area contributed by atoms with E-state index in [2.05, 4.69) is 21.7 Å². The van der Waals surface area contributed by atoms with Crippen molar-refractivity contribution in [1.82, 2.24) is 19.5 Å². The highest BCUT2D eigenvalue weighted by Crippen LogP contribution is 2.34. The minimum absolute atomic E-state index is 0.0385. The van der Waals surface area contributed by atoms with Gasteiger partial charge in [0.1, 0.15) is 17.9 Å². The lowest BCUT2D eigenvalue weighted by atomic mass is 9.89. The number of aliphatic hydroxyl groups excluding tert-OH is 1. The summed E-state index contributed by atoms with van der Waals surface area (Å²) in [6.45, 7) is 4.01. The predicted octanol–water partition coefficient (Wildman–Crippen LogP) is 4.84. The van der Waals surface area contributed by atoms with Gasteiger partial charge in [0.25, 0.3) is 0 Å². The van der Waals surface area contributed by atoms with Crippen molar-refractivity contribution in [2.24, 2.45) is 5.92 Å². The lowest BCUT2D eigenvalue weighted by Gasteiger charge is -2.23. The van der Waals surface area contributed by atoms with Crippen LogP contribution >= 0.6 is 0 Å². The Bertz CT molecular complexity index is 1280. The van der Waals surface area contributed by atoms with Gasteiger partial charge in [-0.15, -0.1) is 0 Å². The first-order valence-corrected chi connectivity index (χ1v) is 11.9. The van der Waals surface area contributed by atoms with Crippen molar-refractivity contribution in [3.05, 3.63) is 48.0 Å². The van der Waals surface area contributed by atoms with E-state index in [9.17, 15) is 5.11 Å². The molecule has 0 atom stereocenters. The molecular weight excluding hydrogens is 414 g/mol. The Balaban J connectivity index is 1.65. The molecule has 3 aromatic heterocycles. The van der Waals surface area contributed by atoms with Gasteiger partial charge >= 0.3 is 0 Å². The van der Waals surface area contributed by atoms with Gasteiger partial charge < -0.3 is 20.1 Å². The molecule has 1 aliphatic carbocycles. The molecule has 1 saturated carbocycles. The predicted molar refractivity (Wildman–Crippen MR) is 131 cm³/mol. The number of nitrogens with two attached hydrogens (primary N) is 1. The molecule has 4 aromatic rings. The second-order valence-corrected chi connectivity index (χ2v) is 8.95. The molecule has 5 rings (SSSR count). The standard InChI is InChI=1S/C26H31N5O2/c1-2-33-16-23-30-24-25(31(23)14-17-6-4-3-5-7-17)21-9-8-19(11-22(21)29-26(24)27)20-10-18(15-32)12-28-13-20/h8-13,17,32H,2-7,14-16H2,1H3,(H2,27,29). The van der Waals surface area contributed by atoms with Crippen LogP contribution in [-0.4, -0.2) is 31.2 Å². The minimum Gasteiger partial charge on any atom is -0.392 e. The van der Waals surface area contributed by atoms with Crippen LogP contribution in [0.1, 0.15) is 50.4 Å². The van der Waals surface area contributed by atoms with Crippen molar-refractivity contribution in [3.63, 3.8) is 0 Å². The van der Waals surface area contributed by atoms with E-state index in [-0.39, 0.29) is 6.61 Å². The van der Waals surface area contributed by atoms with E-state index in [1.165, 1.54) is 32.1 Å². The normalized spacial score (nSPS) is 15.0. The van der Waals surface area contributed by atoms with E-state index in [1.807, 2.05) is 19.1 Å². The van der Waals surface area contributed by atoms with Crippen molar-refractivity contribution in [2.75, 3.05) is 12.3 Å². The first kappa shape index (κ1) is 21.8. The average Bonchev–Trinajstić information content (AvgIpc) is 3.22. The molecule has 0 unspecified atom stereocenters. The summed E-state index contributed by atoms with van der Waals surface area (Å²) >= 11 is 0. The first-order valence-electron chi connectivity index (χ1n) is 11.9. The zero-order valence-corrected chi connectivity index (χ0v) is 19.1. The smallest absolute Gasteiger partial charge is 0.152 e. The summed E-state index contributed by atoms with van der Waals surface area (Å²) < 4.78 is 8.09. The van der Waals surface area contributed by atoms with Crippen molar-refractivity contribution in [2.45, 2.75) is 58.8 Å². The van der Waals surface area contributed by atoms with Gasteiger partial charge in [0.05, 0.1) is 17.6 Å². The van der Waals surface area contributed by atoms with Crippen LogP contribution in [0.3, 0.4) is 0 Å². The second kappa shape index (κ2) is 9.45. The summed E-state index contributed by atoms with van der Waals surface area (Å²) in [7, 11) is 0. The van der Waals surface area contributed by atoms with Gasteiger partial charge in [-0.2, -0.15) is 0 Å². The Hall–Kier alpha value is -3.03. The van der Waals surface area contributed by atoms with E-state index in [0.717, 1.165) is 51.0 Å². The molecule has 0 spiro atoms. The van der Waals surface area contributed by atoms with E-state index in [0.29, 0.717) is 24.9 Å². The molecule has 1 aromatic carbocycles. The van der Waals surface area contributed by atoms with Crippen molar-refractivity contribution < 1.29 is 9.84 Å². The second-order valence-electron chi connectivity index (χ2n) is 8.95. The monoisotopic (exact) mass is 445 g/mol. The molecule has 0 saturated heterocycles. The number of ether oxygens (including phenoxy) is 1. The topological polar surface area (TPSA) is 99.1 Å². The zero-order chi connectivity index (χ0) is 22.8. The number of fused-ring (bicyclic) bond motifs is 3. The molecule has 1 fully saturated rings. The van der Waals surface area contributed by atoms with Gasteiger partial charge in [0.2, 0.25) is 0 Å². The van der Waals surface area contributed by atoms with Crippen LogP contribution in [0.2, 0.25) is 0 Å². The number of benzene rings is 1. The summed E-state index contributed by atoms with van der Waals surface area (Å²) in [6, 6.07) is 8.18. The van der Waals surface area contributed by atoms with Gasteiger partial charge in [0.15, 0.2) is 5.82 Å². The molecular formula is C26H31N5O2. The number of hydrogen-bond acceptors (Lipinski definition) is 6. The van der Waals surface area contributed by atoms with Crippen molar-refractivity contribution >= 4 is 27.8 Å². The number of anilines is 1. The molecule has 3 N–H and O–H groups in total. The van der Waals surface area contributed by atoms with Gasteiger partial charge in [-0.3, -0.25) is 4.98 Å². The number of nitrogen functional groups attached to an aromatic ring is 1. The molecule has 33 heavy (non-hydrogen) atoms. The van der Waals surface area contributed by atoms with Gasteiger partial charge in [-0.05, 0) is 48.9 Å². The zero-order valence-electron chi connectivity index (χ0n) is 19.1. The van der Waals surface area contributed by atoms with Crippen LogP contribution in [-0.2, 0) is 24.5 Å². The quantitative estimate of drug-likeness (QED) is 0.422. The number of nitrogens with zero attached hydrogens (tertiary/aromatic N) is 4. The highest BCUT2D eigenvalue weighted by molar-refractivity contribution is 6.07.